The van der Waals surface area contributed by atoms with Crippen molar-refractivity contribution in [2.75, 3.05) is 26.2 Å². The maximum Gasteiger partial charge on any atom is 0.254 e. The van der Waals surface area contributed by atoms with E-state index < -0.39 is 0 Å². The molecule has 5 heteroatoms. The minimum Gasteiger partial charge on any atom is -0.342 e. The number of benzene rings is 1. The van der Waals surface area contributed by atoms with Gasteiger partial charge in [-0.25, -0.2) is 0 Å². The van der Waals surface area contributed by atoms with E-state index in [1.54, 1.807) is 34.1 Å². The van der Waals surface area contributed by atoms with Gasteiger partial charge in [-0.1, -0.05) is 17.7 Å². The molecule has 1 aliphatic rings. The Hall–Kier alpha value is -1.55. The lowest BCUT2D eigenvalue weighted by atomic mass is 10.2. The van der Waals surface area contributed by atoms with Crippen LogP contribution in [-0.4, -0.2) is 48.3 Å². The second-order valence-corrected chi connectivity index (χ2v) is 4.38. The minimum absolute atomic E-state index is 0.0296. The quantitative estimate of drug-likeness (QED) is 0.744. The van der Waals surface area contributed by atoms with E-state index in [4.69, 9.17) is 11.6 Å². The van der Waals surface area contributed by atoms with E-state index in [1.807, 2.05) is 0 Å². The first kappa shape index (κ1) is 11.9. The molecule has 0 N–H and O–H groups in total. The number of carbonyl (C=O) groups excluding carboxylic acids is 2. The molecular weight excluding hydrogens is 240 g/mol. The number of halogens is 1. The molecule has 0 saturated carbocycles. The highest BCUT2D eigenvalue weighted by Gasteiger charge is 2.21. The van der Waals surface area contributed by atoms with Crippen LogP contribution in [0, 0.1) is 0 Å². The first-order chi connectivity index (χ1) is 8.20. The Balaban J connectivity index is 2.04. The van der Waals surface area contributed by atoms with E-state index in [-0.39, 0.29) is 5.91 Å². The number of carbonyl (C=O) groups is 2. The lowest BCUT2D eigenvalue weighted by molar-refractivity contribution is -0.119. The van der Waals surface area contributed by atoms with Crippen LogP contribution >= 0.6 is 11.6 Å². The summed E-state index contributed by atoms with van der Waals surface area (Å²) in [6.45, 7) is 2.33. The average Bonchev–Trinajstić information content (AvgIpc) is 2.38. The van der Waals surface area contributed by atoms with E-state index in [1.165, 1.54) is 0 Å². The van der Waals surface area contributed by atoms with Crippen LogP contribution in [-0.2, 0) is 4.79 Å². The zero-order valence-corrected chi connectivity index (χ0v) is 10.1. The fourth-order valence-electron chi connectivity index (χ4n) is 1.83. The molecule has 0 unspecified atom stereocenters. The summed E-state index contributed by atoms with van der Waals surface area (Å²) < 4.78 is 0. The third-order valence-corrected chi connectivity index (χ3v) is 3.06. The fraction of sp³-hybridized carbons (Fsp3) is 0.333. The summed E-state index contributed by atoms with van der Waals surface area (Å²) >= 11 is 5.85. The Morgan fingerprint density at radius 2 is 1.94 bits per heavy atom. The third-order valence-electron chi connectivity index (χ3n) is 2.82. The van der Waals surface area contributed by atoms with E-state index in [2.05, 4.69) is 0 Å². The van der Waals surface area contributed by atoms with Crippen molar-refractivity contribution in [1.29, 1.82) is 0 Å². The van der Waals surface area contributed by atoms with Crippen molar-refractivity contribution in [3.05, 3.63) is 34.9 Å². The van der Waals surface area contributed by atoms with Gasteiger partial charge in [0.25, 0.3) is 5.91 Å². The lowest BCUT2D eigenvalue weighted by Crippen LogP contribution is -2.48. The smallest absolute Gasteiger partial charge is 0.254 e. The topological polar surface area (TPSA) is 40.6 Å². The van der Waals surface area contributed by atoms with Crippen LogP contribution in [0.4, 0.5) is 0 Å². The van der Waals surface area contributed by atoms with Gasteiger partial charge in [0.15, 0.2) is 0 Å². The zero-order valence-electron chi connectivity index (χ0n) is 9.30. The van der Waals surface area contributed by atoms with Gasteiger partial charge in [-0.05, 0) is 18.2 Å². The molecule has 4 nitrogen and oxygen atoms in total. The molecule has 0 radical (unpaired) electrons. The normalized spacial score (nSPS) is 15.8. The van der Waals surface area contributed by atoms with Crippen LogP contribution in [0.15, 0.2) is 24.3 Å². The zero-order chi connectivity index (χ0) is 12.3. The Bertz CT molecular complexity index is 428. The molecule has 90 valence electrons. The Labute approximate surface area is 105 Å². The van der Waals surface area contributed by atoms with Crippen LogP contribution < -0.4 is 0 Å². The number of amides is 2. The first-order valence-corrected chi connectivity index (χ1v) is 5.82. The van der Waals surface area contributed by atoms with Gasteiger partial charge in [-0.2, -0.15) is 0 Å². The first-order valence-electron chi connectivity index (χ1n) is 5.45. The van der Waals surface area contributed by atoms with Crippen molar-refractivity contribution >= 4 is 23.9 Å². The molecule has 1 aromatic rings. The highest BCUT2D eigenvalue weighted by atomic mass is 35.5. The fourth-order valence-corrected chi connectivity index (χ4v) is 2.02. The minimum atomic E-state index is -0.0296. The number of hydrogen-bond acceptors (Lipinski definition) is 2. The van der Waals surface area contributed by atoms with Crippen LogP contribution in [0.2, 0.25) is 5.02 Å². The molecule has 0 atom stereocenters. The highest BCUT2D eigenvalue weighted by Crippen LogP contribution is 2.13. The van der Waals surface area contributed by atoms with Gasteiger partial charge >= 0.3 is 0 Å². The summed E-state index contributed by atoms with van der Waals surface area (Å²) in [5, 5.41) is 0.558. The molecule has 2 amide bonds. The maximum absolute atomic E-state index is 12.1. The van der Waals surface area contributed by atoms with Crippen LogP contribution in [0.5, 0.6) is 0 Å². The van der Waals surface area contributed by atoms with E-state index >= 15 is 0 Å². The molecule has 2 rings (SSSR count). The van der Waals surface area contributed by atoms with Gasteiger partial charge in [0.2, 0.25) is 6.41 Å². The van der Waals surface area contributed by atoms with Gasteiger partial charge in [0.05, 0.1) is 0 Å². The van der Waals surface area contributed by atoms with E-state index in [0.717, 1.165) is 6.41 Å². The Morgan fingerprint density at radius 3 is 2.53 bits per heavy atom. The number of piperazine rings is 1. The van der Waals surface area contributed by atoms with Gasteiger partial charge in [-0.3, -0.25) is 9.59 Å². The standard InChI is InChI=1S/C12H13ClN2O2/c13-11-3-1-2-10(8-11)12(17)15-6-4-14(9-16)5-7-15/h1-3,8-9H,4-7H2. The summed E-state index contributed by atoms with van der Waals surface area (Å²) in [6, 6.07) is 6.91. The van der Waals surface area contributed by atoms with Crippen molar-refractivity contribution in [2.45, 2.75) is 0 Å². The molecular formula is C12H13ClN2O2. The number of hydrogen-bond donors (Lipinski definition) is 0. The van der Waals surface area contributed by atoms with E-state index in [0.29, 0.717) is 36.8 Å². The van der Waals surface area contributed by atoms with E-state index in [9.17, 15) is 9.59 Å². The van der Waals surface area contributed by atoms with Gasteiger partial charge in [0.1, 0.15) is 0 Å². The molecule has 1 heterocycles. The Kier molecular flexibility index (Phi) is 3.64. The highest BCUT2D eigenvalue weighted by molar-refractivity contribution is 6.30. The lowest BCUT2D eigenvalue weighted by Gasteiger charge is -2.32. The molecule has 1 saturated heterocycles. The van der Waals surface area contributed by atoms with Crippen molar-refractivity contribution in [2.24, 2.45) is 0 Å². The van der Waals surface area contributed by atoms with Crippen LogP contribution in [0.1, 0.15) is 10.4 Å². The molecule has 0 aliphatic carbocycles. The van der Waals surface area contributed by atoms with Crippen molar-refractivity contribution < 1.29 is 9.59 Å². The summed E-state index contributed by atoms with van der Waals surface area (Å²) in [5.41, 5.74) is 0.594. The summed E-state index contributed by atoms with van der Waals surface area (Å²) in [5.74, 6) is -0.0296. The molecule has 0 aromatic heterocycles. The predicted octanol–water partition coefficient (Wildman–Crippen LogP) is 1.25. The predicted molar refractivity (Wildman–Crippen MR) is 65.0 cm³/mol. The molecule has 1 fully saturated rings. The third kappa shape index (κ3) is 2.77. The van der Waals surface area contributed by atoms with Gasteiger partial charge < -0.3 is 9.80 Å². The monoisotopic (exact) mass is 252 g/mol. The number of rotatable bonds is 2. The molecule has 0 bridgehead atoms. The molecule has 0 spiro atoms. The Morgan fingerprint density at radius 1 is 1.24 bits per heavy atom. The SMILES string of the molecule is O=CN1CCN(C(=O)c2cccc(Cl)c2)CC1. The number of nitrogens with zero attached hydrogens (tertiary/aromatic N) is 2. The largest absolute Gasteiger partial charge is 0.342 e. The van der Waals surface area contributed by atoms with Crippen molar-refractivity contribution in [3.63, 3.8) is 0 Å². The average molecular weight is 253 g/mol. The van der Waals surface area contributed by atoms with Gasteiger partial charge in [0, 0.05) is 36.8 Å². The second-order valence-electron chi connectivity index (χ2n) is 3.94. The molecule has 1 aromatic carbocycles. The van der Waals surface area contributed by atoms with Gasteiger partial charge in [-0.15, -0.1) is 0 Å². The summed E-state index contributed by atoms with van der Waals surface area (Å²) in [4.78, 5) is 26.1. The molecule has 1 aliphatic heterocycles. The second kappa shape index (κ2) is 5.19. The summed E-state index contributed by atoms with van der Waals surface area (Å²) in [7, 11) is 0. The summed E-state index contributed by atoms with van der Waals surface area (Å²) in [6.07, 6.45) is 0.821. The van der Waals surface area contributed by atoms with Crippen LogP contribution in [0.25, 0.3) is 0 Å². The molecule has 17 heavy (non-hydrogen) atoms. The maximum atomic E-state index is 12.1. The van der Waals surface area contributed by atoms with Crippen LogP contribution in [0.3, 0.4) is 0 Å². The van der Waals surface area contributed by atoms with Crippen molar-refractivity contribution in [3.8, 4) is 0 Å². The van der Waals surface area contributed by atoms with Crippen molar-refractivity contribution in [1.82, 2.24) is 9.80 Å².